The van der Waals surface area contributed by atoms with E-state index in [0.717, 1.165) is 10.0 Å². The lowest BCUT2D eigenvalue weighted by Gasteiger charge is -1.96. The van der Waals surface area contributed by atoms with Crippen molar-refractivity contribution >= 4 is 15.9 Å². The van der Waals surface area contributed by atoms with Crippen LogP contribution in [0.2, 0.25) is 0 Å². The number of nitrogens with zero attached hydrogens (tertiary/aromatic N) is 4. The van der Waals surface area contributed by atoms with Crippen LogP contribution in [0.5, 0.6) is 0 Å². The maximum absolute atomic E-state index is 5.53. The first-order valence-corrected chi connectivity index (χ1v) is 6.66. The number of hydrogen-bond donors (Lipinski definition) is 1. The second-order valence-electron chi connectivity index (χ2n) is 4.04. The quantitative estimate of drug-likeness (QED) is 0.792. The van der Waals surface area contributed by atoms with E-state index in [1.807, 2.05) is 18.2 Å². The fourth-order valence-corrected chi connectivity index (χ4v) is 1.85. The van der Waals surface area contributed by atoms with Gasteiger partial charge in [-0.15, -0.1) is 0 Å². The van der Waals surface area contributed by atoms with E-state index in [-0.39, 0.29) is 0 Å². The van der Waals surface area contributed by atoms with Crippen molar-refractivity contribution in [3.8, 4) is 23.1 Å². The molecule has 2 N–H and O–H groups in total. The van der Waals surface area contributed by atoms with E-state index in [2.05, 4.69) is 36.0 Å². The molecule has 0 aliphatic carbocycles. The van der Waals surface area contributed by atoms with Crippen LogP contribution in [0.4, 0.5) is 0 Å². The molecule has 3 aromatic heterocycles. The number of rotatable bonds is 3. The molecule has 0 radical (unpaired) electrons. The van der Waals surface area contributed by atoms with Crippen molar-refractivity contribution in [3.63, 3.8) is 0 Å². The van der Waals surface area contributed by atoms with Gasteiger partial charge in [-0.3, -0.25) is 9.97 Å². The Hall–Kier alpha value is -2.12. The monoisotopic (exact) mass is 331 g/mol. The Morgan fingerprint density at radius 1 is 1.05 bits per heavy atom. The van der Waals surface area contributed by atoms with Crippen LogP contribution in [0.25, 0.3) is 23.1 Å². The standard InChI is InChI=1S/C13H10BrN5O/c14-9-2-4-10(17-7-9)12-18-13(20-19-12)11-3-1-8(5-15)6-16-11/h1-4,6-7H,5,15H2. The van der Waals surface area contributed by atoms with Crippen molar-refractivity contribution in [1.29, 1.82) is 0 Å². The van der Waals surface area contributed by atoms with Crippen molar-refractivity contribution in [3.05, 3.63) is 46.7 Å². The molecule has 0 aliphatic heterocycles. The molecular formula is C13H10BrN5O. The average Bonchev–Trinajstić information content (AvgIpc) is 2.98. The van der Waals surface area contributed by atoms with Gasteiger partial charge < -0.3 is 10.3 Å². The predicted octanol–water partition coefficient (Wildman–Crippen LogP) is 2.41. The van der Waals surface area contributed by atoms with Crippen LogP contribution in [0, 0.1) is 0 Å². The van der Waals surface area contributed by atoms with Crippen LogP contribution in [-0.4, -0.2) is 20.1 Å². The number of hydrogen-bond acceptors (Lipinski definition) is 6. The van der Waals surface area contributed by atoms with Crippen LogP contribution in [0.15, 0.2) is 45.7 Å². The third-order valence-corrected chi connectivity index (χ3v) is 3.13. The van der Waals surface area contributed by atoms with Crippen molar-refractivity contribution in [2.45, 2.75) is 6.54 Å². The van der Waals surface area contributed by atoms with Gasteiger partial charge in [0.15, 0.2) is 0 Å². The van der Waals surface area contributed by atoms with Crippen molar-refractivity contribution < 1.29 is 4.52 Å². The Balaban J connectivity index is 1.91. The molecule has 0 amide bonds. The maximum Gasteiger partial charge on any atom is 0.276 e. The van der Waals surface area contributed by atoms with E-state index in [1.165, 1.54) is 0 Å². The number of aromatic nitrogens is 4. The van der Waals surface area contributed by atoms with Crippen LogP contribution in [0.3, 0.4) is 0 Å². The summed E-state index contributed by atoms with van der Waals surface area (Å²) in [5.74, 6) is 0.783. The molecule has 0 fully saturated rings. The highest BCUT2D eigenvalue weighted by Crippen LogP contribution is 2.20. The van der Waals surface area contributed by atoms with E-state index in [9.17, 15) is 0 Å². The lowest BCUT2D eigenvalue weighted by Crippen LogP contribution is -1.96. The molecule has 0 spiro atoms. The third kappa shape index (κ3) is 2.59. The maximum atomic E-state index is 5.53. The molecule has 0 saturated carbocycles. The van der Waals surface area contributed by atoms with E-state index in [1.54, 1.807) is 18.5 Å². The van der Waals surface area contributed by atoms with Gasteiger partial charge in [0.05, 0.1) is 0 Å². The van der Waals surface area contributed by atoms with Gasteiger partial charge in [0.25, 0.3) is 5.89 Å². The summed E-state index contributed by atoms with van der Waals surface area (Å²) in [6.07, 6.45) is 3.37. The summed E-state index contributed by atoms with van der Waals surface area (Å²) in [5, 5.41) is 3.91. The number of halogens is 1. The molecule has 0 atom stereocenters. The van der Waals surface area contributed by atoms with Gasteiger partial charge in [-0.1, -0.05) is 11.2 Å². The highest BCUT2D eigenvalue weighted by Gasteiger charge is 2.12. The van der Waals surface area contributed by atoms with Gasteiger partial charge in [-0.05, 0) is 39.7 Å². The smallest absolute Gasteiger partial charge is 0.276 e. The van der Waals surface area contributed by atoms with Crippen molar-refractivity contribution in [2.24, 2.45) is 5.73 Å². The first-order chi connectivity index (χ1) is 9.76. The summed E-state index contributed by atoms with van der Waals surface area (Å²) in [5.41, 5.74) is 7.72. The Bertz CT molecular complexity index is 708. The summed E-state index contributed by atoms with van der Waals surface area (Å²) < 4.78 is 6.09. The lowest BCUT2D eigenvalue weighted by molar-refractivity contribution is 0.431. The van der Waals surface area contributed by atoms with Crippen LogP contribution in [-0.2, 0) is 6.54 Å². The van der Waals surface area contributed by atoms with Crippen molar-refractivity contribution in [2.75, 3.05) is 0 Å². The molecule has 0 saturated heterocycles. The van der Waals surface area contributed by atoms with Gasteiger partial charge in [-0.2, -0.15) is 4.98 Å². The summed E-state index contributed by atoms with van der Waals surface area (Å²) in [6, 6.07) is 7.36. The normalized spacial score (nSPS) is 10.7. The summed E-state index contributed by atoms with van der Waals surface area (Å²) in [4.78, 5) is 12.7. The van der Waals surface area contributed by atoms with Gasteiger partial charge in [-0.25, -0.2) is 0 Å². The largest absolute Gasteiger partial charge is 0.332 e. The molecule has 0 aliphatic rings. The summed E-state index contributed by atoms with van der Waals surface area (Å²) >= 11 is 3.33. The zero-order valence-corrected chi connectivity index (χ0v) is 11.9. The van der Waals surface area contributed by atoms with Crippen LogP contribution in [0.1, 0.15) is 5.56 Å². The number of nitrogens with two attached hydrogens (primary N) is 1. The lowest BCUT2D eigenvalue weighted by atomic mass is 10.2. The summed E-state index contributed by atoms with van der Waals surface area (Å²) in [6.45, 7) is 0.450. The highest BCUT2D eigenvalue weighted by atomic mass is 79.9. The molecule has 6 nitrogen and oxygen atoms in total. The van der Waals surface area contributed by atoms with Gasteiger partial charge >= 0.3 is 0 Å². The zero-order valence-electron chi connectivity index (χ0n) is 10.3. The fraction of sp³-hybridized carbons (Fsp3) is 0.0769. The molecule has 3 aromatic rings. The SMILES string of the molecule is NCc1ccc(-c2nc(-c3ccc(Br)cn3)no2)nc1. The van der Waals surface area contributed by atoms with Gasteiger partial charge in [0.1, 0.15) is 11.4 Å². The van der Waals surface area contributed by atoms with Crippen molar-refractivity contribution in [1.82, 2.24) is 20.1 Å². The molecular weight excluding hydrogens is 322 g/mol. The highest BCUT2D eigenvalue weighted by molar-refractivity contribution is 9.10. The molecule has 100 valence electrons. The Morgan fingerprint density at radius 2 is 1.85 bits per heavy atom. The van der Waals surface area contributed by atoms with Crippen LogP contribution >= 0.6 is 15.9 Å². The molecule has 7 heteroatoms. The fourth-order valence-electron chi connectivity index (χ4n) is 1.61. The first-order valence-electron chi connectivity index (χ1n) is 5.87. The first kappa shape index (κ1) is 12.9. The molecule has 0 unspecified atom stereocenters. The van der Waals surface area contributed by atoms with E-state index in [0.29, 0.717) is 29.6 Å². The molecule has 0 bridgehead atoms. The van der Waals surface area contributed by atoms with E-state index >= 15 is 0 Å². The molecule has 3 heterocycles. The zero-order chi connectivity index (χ0) is 13.9. The Labute approximate surface area is 123 Å². The minimum atomic E-state index is 0.355. The predicted molar refractivity (Wildman–Crippen MR) is 76.4 cm³/mol. The third-order valence-electron chi connectivity index (χ3n) is 2.66. The van der Waals surface area contributed by atoms with E-state index < -0.39 is 0 Å². The molecule has 3 rings (SSSR count). The van der Waals surface area contributed by atoms with E-state index in [4.69, 9.17) is 10.3 Å². The number of pyridine rings is 2. The topological polar surface area (TPSA) is 90.7 Å². The Morgan fingerprint density at radius 3 is 2.50 bits per heavy atom. The van der Waals surface area contributed by atoms with Crippen LogP contribution < -0.4 is 5.73 Å². The average molecular weight is 332 g/mol. The second kappa shape index (κ2) is 5.48. The van der Waals surface area contributed by atoms with Gasteiger partial charge in [0.2, 0.25) is 5.82 Å². The molecule has 0 aromatic carbocycles. The minimum Gasteiger partial charge on any atom is -0.332 e. The molecule has 20 heavy (non-hydrogen) atoms. The Kier molecular flexibility index (Phi) is 3.53. The van der Waals surface area contributed by atoms with Gasteiger partial charge in [0, 0.05) is 23.4 Å². The summed E-state index contributed by atoms with van der Waals surface area (Å²) in [7, 11) is 0. The second-order valence-corrected chi connectivity index (χ2v) is 4.96. The minimum absolute atomic E-state index is 0.355.